The summed E-state index contributed by atoms with van der Waals surface area (Å²) >= 11 is 0. The fourth-order valence-electron chi connectivity index (χ4n) is 2.85. The number of nitrogens with zero attached hydrogens (tertiary/aromatic N) is 1. The number of likely N-dealkylation sites (N-methyl/N-ethyl adjacent to an activating group) is 1. The van der Waals surface area contributed by atoms with Gasteiger partial charge in [-0.2, -0.15) is 0 Å². The van der Waals surface area contributed by atoms with Crippen LogP contribution in [0.2, 0.25) is 0 Å². The van der Waals surface area contributed by atoms with Crippen LogP contribution in [-0.2, 0) is 17.6 Å². The van der Waals surface area contributed by atoms with E-state index in [0.717, 1.165) is 24.2 Å². The van der Waals surface area contributed by atoms with Crippen LogP contribution in [0, 0.1) is 0 Å². The number of carbonyl (C=O) groups is 1. The Bertz CT molecular complexity index is 572. The average molecular weight is 264 g/mol. The number of ether oxygens (including phenoxy) is 1. The van der Waals surface area contributed by atoms with Crippen LogP contribution < -0.4 is 15.4 Å². The van der Waals surface area contributed by atoms with Crippen molar-refractivity contribution in [3.8, 4) is 11.5 Å². The van der Waals surface area contributed by atoms with Crippen molar-refractivity contribution in [2.45, 2.75) is 18.4 Å². The first-order chi connectivity index (χ1) is 8.92. The Balaban J connectivity index is 2.16. The molecule has 102 valence electrons. The minimum atomic E-state index is -1.43. The number of hydrogen-bond donors (Lipinski definition) is 3. The number of aromatic hydroxyl groups is 1. The lowest BCUT2D eigenvalue weighted by atomic mass is 9.87. The third-order valence-electron chi connectivity index (χ3n) is 3.90. The van der Waals surface area contributed by atoms with Crippen molar-refractivity contribution >= 4 is 11.7 Å². The number of carboxylic acid groups (broad SMARTS) is 1. The minimum absolute atomic E-state index is 0.0662. The second-order valence-electron chi connectivity index (χ2n) is 5.31. The summed E-state index contributed by atoms with van der Waals surface area (Å²) in [6.07, 6.45) is 0.996. The summed E-state index contributed by atoms with van der Waals surface area (Å²) < 4.78 is 5.42. The normalized spacial score (nSPS) is 24.6. The lowest BCUT2D eigenvalue weighted by Crippen LogP contribution is -2.56. The van der Waals surface area contributed by atoms with Gasteiger partial charge in [0, 0.05) is 31.3 Å². The molecule has 0 spiro atoms. The first-order valence-electron chi connectivity index (χ1n) is 6.16. The molecule has 3 rings (SSSR count). The van der Waals surface area contributed by atoms with Crippen molar-refractivity contribution in [3.63, 3.8) is 0 Å². The van der Waals surface area contributed by atoms with Gasteiger partial charge in [-0.3, -0.25) is 4.79 Å². The molecule has 1 aromatic carbocycles. The van der Waals surface area contributed by atoms with Crippen molar-refractivity contribution in [1.82, 2.24) is 0 Å². The van der Waals surface area contributed by atoms with Crippen LogP contribution in [0.15, 0.2) is 6.07 Å². The number of aliphatic carboxylic acids is 1. The van der Waals surface area contributed by atoms with E-state index in [1.54, 1.807) is 6.07 Å². The Morgan fingerprint density at radius 1 is 1.58 bits per heavy atom. The third kappa shape index (κ3) is 1.63. The molecular weight excluding hydrogens is 248 g/mol. The Labute approximate surface area is 110 Å². The maximum Gasteiger partial charge on any atom is 0.327 e. The molecule has 2 aliphatic heterocycles. The van der Waals surface area contributed by atoms with Gasteiger partial charge in [0.25, 0.3) is 0 Å². The first kappa shape index (κ1) is 12.1. The topological polar surface area (TPSA) is 96.0 Å². The highest BCUT2D eigenvalue weighted by atomic mass is 16.5. The van der Waals surface area contributed by atoms with Crippen LogP contribution in [0.5, 0.6) is 11.5 Å². The Hall–Kier alpha value is -1.95. The summed E-state index contributed by atoms with van der Waals surface area (Å²) in [4.78, 5) is 13.3. The number of phenolic OH excluding ortho intramolecular Hbond substituents is 1. The van der Waals surface area contributed by atoms with Gasteiger partial charge in [0.1, 0.15) is 6.61 Å². The molecule has 0 saturated heterocycles. The molecular formula is C13H16N2O4. The summed E-state index contributed by atoms with van der Waals surface area (Å²) in [7, 11) is 1.94. The van der Waals surface area contributed by atoms with Gasteiger partial charge in [-0.15, -0.1) is 0 Å². The maximum atomic E-state index is 11.3. The lowest BCUT2D eigenvalue weighted by Gasteiger charge is -2.33. The van der Waals surface area contributed by atoms with E-state index in [1.807, 2.05) is 11.9 Å². The maximum absolute atomic E-state index is 11.3. The number of phenols is 1. The molecule has 6 heteroatoms. The molecule has 0 fully saturated rings. The van der Waals surface area contributed by atoms with E-state index in [0.29, 0.717) is 11.3 Å². The molecule has 0 saturated carbocycles. The molecule has 2 aliphatic rings. The molecule has 0 amide bonds. The number of hydrogen-bond acceptors (Lipinski definition) is 5. The van der Waals surface area contributed by atoms with Gasteiger partial charge in [-0.05, 0) is 18.1 Å². The summed E-state index contributed by atoms with van der Waals surface area (Å²) in [6.45, 7) is 0.710. The molecule has 1 aromatic rings. The molecule has 4 N–H and O–H groups in total. The van der Waals surface area contributed by atoms with Gasteiger partial charge >= 0.3 is 5.97 Å². The zero-order chi connectivity index (χ0) is 13.8. The van der Waals surface area contributed by atoms with E-state index in [-0.39, 0.29) is 18.8 Å². The number of rotatable bonds is 1. The van der Waals surface area contributed by atoms with E-state index in [1.165, 1.54) is 0 Å². The van der Waals surface area contributed by atoms with Gasteiger partial charge in [-0.25, -0.2) is 0 Å². The van der Waals surface area contributed by atoms with E-state index in [2.05, 4.69) is 0 Å². The van der Waals surface area contributed by atoms with Crippen LogP contribution >= 0.6 is 0 Å². The Morgan fingerprint density at radius 3 is 3.00 bits per heavy atom. The highest BCUT2D eigenvalue weighted by Gasteiger charge is 2.42. The average Bonchev–Trinajstić information content (AvgIpc) is 2.70. The molecule has 6 nitrogen and oxygen atoms in total. The van der Waals surface area contributed by atoms with E-state index in [4.69, 9.17) is 10.5 Å². The third-order valence-corrected chi connectivity index (χ3v) is 3.90. The van der Waals surface area contributed by atoms with Gasteiger partial charge in [-0.1, -0.05) is 0 Å². The van der Waals surface area contributed by atoms with E-state index < -0.39 is 11.5 Å². The van der Waals surface area contributed by atoms with Crippen molar-refractivity contribution in [2.24, 2.45) is 5.73 Å². The summed E-state index contributed by atoms with van der Waals surface area (Å²) in [5, 5.41) is 19.2. The largest absolute Gasteiger partial charge is 0.504 e. The molecule has 0 radical (unpaired) electrons. The molecule has 0 aromatic heterocycles. The summed E-state index contributed by atoms with van der Waals surface area (Å²) in [6, 6.07) is 1.70. The molecule has 1 unspecified atom stereocenters. The van der Waals surface area contributed by atoms with Crippen LogP contribution in [0.3, 0.4) is 0 Å². The summed E-state index contributed by atoms with van der Waals surface area (Å²) in [5.41, 5.74) is 7.11. The van der Waals surface area contributed by atoms with Crippen molar-refractivity contribution in [2.75, 3.05) is 25.1 Å². The van der Waals surface area contributed by atoms with Crippen molar-refractivity contribution in [3.05, 3.63) is 17.2 Å². The van der Waals surface area contributed by atoms with E-state index in [9.17, 15) is 15.0 Å². The number of carboxylic acids is 1. The smallest absolute Gasteiger partial charge is 0.327 e. The molecule has 0 aliphatic carbocycles. The molecule has 0 bridgehead atoms. The SMILES string of the molecule is CN1CCc2cc(O)c3c(c21)CC(N)(C(=O)O)CO3. The molecule has 19 heavy (non-hydrogen) atoms. The fourth-order valence-corrected chi connectivity index (χ4v) is 2.85. The Kier molecular flexibility index (Phi) is 2.40. The second-order valence-corrected chi connectivity index (χ2v) is 5.31. The molecule has 2 heterocycles. The van der Waals surface area contributed by atoms with Gasteiger partial charge < -0.3 is 25.6 Å². The van der Waals surface area contributed by atoms with E-state index >= 15 is 0 Å². The predicted molar refractivity (Wildman–Crippen MR) is 68.8 cm³/mol. The number of benzene rings is 1. The standard InChI is InChI=1S/C13H16N2O4/c1-15-3-2-7-4-9(16)11-8(10(7)15)5-13(14,6-19-11)12(17)18/h4,16H,2-3,5-6,14H2,1H3,(H,17,18). The predicted octanol–water partition coefficient (Wildman–Crippen LogP) is 0.101. The number of nitrogens with two attached hydrogens (primary N) is 1. The fraction of sp³-hybridized carbons (Fsp3) is 0.462. The zero-order valence-electron chi connectivity index (χ0n) is 10.6. The van der Waals surface area contributed by atoms with Crippen LogP contribution in [0.25, 0.3) is 0 Å². The van der Waals surface area contributed by atoms with Gasteiger partial charge in [0.05, 0.1) is 0 Å². The second kappa shape index (κ2) is 3.77. The zero-order valence-corrected chi connectivity index (χ0v) is 10.6. The number of anilines is 1. The summed E-state index contributed by atoms with van der Waals surface area (Å²) in [5.74, 6) is -0.651. The lowest BCUT2D eigenvalue weighted by molar-refractivity contribution is -0.145. The monoisotopic (exact) mass is 264 g/mol. The van der Waals surface area contributed by atoms with Crippen molar-refractivity contribution in [1.29, 1.82) is 0 Å². The highest BCUT2D eigenvalue weighted by molar-refractivity contribution is 5.82. The molecule has 1 atom stereocenters. The quantitative estimate of drug-likeness (QED) is 0.666. The minimum Gasteiger partial charge on any atom is -0.504 e. The highest BCUT2D eigenvalue weighted by Crippen LogP contribution is 2.46. The number of fused-ring (bicyclic) bond motifs is 3. The van der Waals surface area contributed by atoms with Crippen molar-refractivity contribution < 1.29 is 19.7 Å². The van der Waals surface area contributed by atoms with Crippen LogP contribution in [-0.4, -0.2) is 41.9 Å². The Morgan fingerprint density at radius 2 is 2.32 bits per heavy atom. The van der Waals surface area contributed by atoms with Gasteiger partial charge in [0.15, 0.2) is 17.0 Å². The van der Waals surface area contributed by atoms with Gasteiger partial charge in [0.2, 0.25) is 0 Å². The van der Waals surface area contributed by atoms with Crippen LogP contribution in [0.4, 0.5) is 5.69 Å². The van der Waals surface area contributed by atoms with Crippen LogP contribution in [0.1, 0.15) is 11.1 Å². The first-order valence-corrected chi connectivity index (χ1v) is 6.16.